The number of rotatable bonds is 6. The molecule has 0 radical (unpaired) electrons. The second-order valence-electron chi connectivity index (χ2n) is 3.00. The molecule has 0 aromatic heterocycles. The number of hydrogen-bond donors (Lipinski definition) is 1. The Morgan fingerprint density at radius 1 is 1.29 bits per heavy atom. The first-order valence-electron chi connectivity index (χ1n) is 4.86. The Balaban J connectivity index is 2.15. The lowest BCUT2D eigenvalue weighted by Gasteiger charge is -2.04. The van der Waals surface area contributed by atoms with Crippen LogP contribution in [0.2, 0.25) is 0 Å². The largest absolute Gasteiger partial charge is 0.380 e. The minimum Gasteiger partial charge on any atom is -0.380 e. The van der Waals surface area contributed by atoms with Crippen LogP contribution in [0.4, 0.5) is 0 Å². The van der Waals surface area contributed by atoms with Gasteiger partial charge in [0.2, 0.25) is 0 Å². The van der Waals surface area contributed by atoms with Crippen LogP contribution in [-0.4, -0.2) is 19.8 Å². The van der Waals surface area contributed by atoms with Gasteiger partial charge in [0.15, 0.2) is 0 Å². The van der Waals surface area contributed by atoms with Crippen LogP contribution in [0.25, 0.3) is 0 Å². The predicted octanol–water partition coefficient (Wildman–Crippen LogP) is 2.42. The molecule has 0 aliphatic rings. The van der Waals surface area contributed by atoms with Gasteiger partial charge in [-0.25, -0.2) is 0 Å². The Hall–Kier alpha value is -0.130. The smallest absolute Gasteiger partial charge is 0.0590 e. The van der Waals surface area contributed by atoms with Gasteiger partial charge in [-0.05, 0) is 47.2 Å². The van der Waals surface area contributed by atoms with Crippen molar-refractivity contribution in [2.45, 2.75) is 13.5 Å². The molecule has 0 bridgehead atoms. The zero-order chi connectivity index (χ0) is 10.2. The molecule has 0 spiro atoms. The summed E-state index contributed by atoms with van der Waals surface area (Å²) in [7, 11) is 0. The standard InChI is InChI=1S/C11H16INO/c1-2-14-8-7-13-9-10-3-5-11(12)6-4-10/h3-6,13H,2,7-9H2,1H3. The molecule has 1 aromatic carbocycles. The van der Waals surface area contributed by atoms with Crippen LogP contribution in [0.3, 0.4) is 0 Å². The van der Waals surface area contributed by atoms with E-state index in [2.05, 4.69) is 52.2 Å². The normalized spacial score (nSPS) is 10.4. The predicted molar refractivity (Wildman–Crippen MR) is 67.4 cm³/mol. The van der Waals surface area contributed by atoms with Crippen molar-refractivity contribution >= 4 is 22.6 Å². The average molecular weight is 305 g/mol. The Bertz CT molecular complexity index is 248. The van der Waals surface area contributed by atoms with Gasteiger partial charge in [0.25, 0.3) is 0 Å². The molecule has 14 heavy (non-hydrogen) atoms. The van der Waals surface area contributed by atoms with Crippen LogP contribution >= 0.6 is 22.6 Å². The second kappa shape index (κ2) is 7.20. The molecule has 0 atom stereocenters. The molecule has 1 rings (SSSR count). The first kappa shape index (κ1) is 11.9. The van der Waals surface area contributed by atoms with E-state index in [0.717, 1.165) is 26.3 Å². The number of halogens is 1. The third-order valence-corrected chi connectivity index (χ3v) is 2.59. The lowest BCUT2D eigenvalue weighted by atomic mass is 10.2. The van der Waals surface area contributed by atoms with Gasteiger partial charge in [-0.2, -0.15) is 0 Å². The molecule has 0 aliphatic heterocycles. The Morgan fingerprint density at radius 3 is 2.64 bits per heavy atom. The summed E-state index contributed by atoms with van der Waals surface area (Å²) >= 11 is 2.31. The highest BCUT2D eigenvalue weighted by Crippen LogP contribution is 2.06. The van der Waals surface area contributed by atoms with E-state index >= 15 is 0 Å². The van der Waals surface area contributed by atoms with Gasteiger partial charge in [-0.1, -0.05) is 12.1 Å². The van der Waals surface area contributed by atoms with Crippen LogP contribution in [-0.2, 0) is 11.3 Å². The second-order valence-corrected chi connectivity index (χ2v) is 4.25. The summed E-state index contributed by atoms with van der Waals surface area (Å²) in [5.74, 6) is 0. The summed E-state index contributed by atoms with van der Waals surface area (Å²) in [5, 5.41) is 3.33. The molecule has 0 saturated heterocycles. The Morgan fingerprint density at radius 2 is 2.00 bits per heavy atom. The molecule has 1 N–H and O–H groups in total. The number of benzene rings is 1. The molecule has 0 fully saturated rings. The molecule has 0 unspecified atom stereocenters. The molecule has 0 saturated carbocycles. The molecule has 3 heteroatoms. The minimum atomic E-state index is 0.793. The highest BCUT2D eigenvalue weighted by molar-refractivity contribution is 14.1. The molecule has 1 aromatic rings. The van der Waals surface area contributed by atoms with Crippen LogP contribution in [0.5, 0.6) is 0 Å². The molecule has 78 valence electrons. The molecule has 0 heterocycles. The van der Waals surface area contributed by atoms with Crippen LogP contribution < -0.4 is 5.32 Å². The first-order valence-corrected chi connectivity index (χ1v) is 5.93. The maximum atomic E-state index is 5.23. The molecule has 0 amide bonds. The fourth-order valence-electron chi connectivity index (χ4n) is 1.12. The third kappa shape index (κ3) is 4.93. The van der Waals surface area contributed by atoms with Crippen LogP contribution in [0.15, 0.2) is 24.3 Å². The summed E-state index contributed by atoms with van der Waals surface area (Å²) in [6, 6.07) is 8.55. The van der Waals surface area contributed by atoms with Gasteiger partial charge in [0.1, 0.15) is 0 Å². The highest BCUT2D eigenvalue weighted by Gasteiger charge is 1.92. The van der Waals surface area contributed by atoms with Crippen LogP contribution in [0.1, 0.15) is 12.5 Å². The van der Waals surface area contributed by atoms with E-state index in [9.17, 15) is 0 Å². The lowest BCUT2D eigenvalue weighted by molar-refractivity contribution is 0.149. The van der Waals surface area contributed by atoms with E-state index in [-0.39, 0.29) is 0 Å². The van der Waals surface area contributed by atoms with E-state index < -0.39 is 0 Å². The summed E-state index contributed by atoms with van der Waals surface area (Å²) < 4.78 is 6.51. The van der Waals surface area contributed by atoms with E-state index in [1.54, 1.807) is 0 Å². The van der Waals surface area contributed by atoms with Gasteiger partial charge < -0.3 is 10.1 Å². The SMILES string of the molecule is CCOCCNCc1ccc(I)cc1. The summed E-state index contributed by atoms with van der Waals surface area (Å²) in [4.78, 5) is 0. The van der Waals surface area contributed by atoms with Gasteiger partial charge >= 0.3 is 0 Å². The van der Waals surface area contributed by atoms with Crippen molar-refractivity contribution in [3.8, 4) is 0 Å². The van der Waals surface area contributed by atoms with Gasteiger partial charge in [-0.3, -0.25) is 0 Å². The number of hydrogen-bond acceptors (Lipinski definition) is 2. The first-order chi connectivity index (χ1) is 6.83. The molecular weight excluding hydrogens is 289 g/mol. The van der Waals surface area contributed by atoms with E-state index in [1.165, 1.54) is 9.13 Å². The maximum Gasteiger partial charge on any atom is 0.0590 e. The third-order valence-electron chi connectivity index (χ3n) is 1.87. The monoisotopic (exact) mass is 305 g/mol. The van der Waals surface area contributed by atoms with Crippen molar-refractivity contribution in [3.63, 3.8) is 0 Å². The topological polar surface area (TPSA) is 21.3 Å². The summed E-state index contributed by atoms with van der Waals surface area (Å²) in [6.45, 7) is 5.44. The van der Waals surface area contributed by atoms with Crippen molar-refractivity contribution in [1.82, 2.24) is 5.32 Å². The van der Waals surface area contributed by atoms with Crippen molar-refractivity contribution in [2.75, 3.05) is 19.8 Å². The lowest BCUT2D eigenvalue weighted by Crippen LogP contribution is -2.19. The van der Waals surface area contributed by atoms with E-state index in [4.69, 9.17) is 4.74 Å². The maximum absolute atomic E-state index is 5.23. The van der Waals surface area contributed by atoms with Crippen molar-refractivity contribution in [1.29, 1.82) is 0 Å². The summed E-state index contributed by atoms with van der Waals surface area (Å²) in [6.07, 6.45) is 0. The van der Waals surface area contributed by atoms with E-state index in [1.807, 2.05) is 6.92 Å². The highest BCUT2D eigenvalue weighted by atomic mass is 127. The van der Waals surface area contributed by atoms with E-state index in [0.29, 0.717) is 0 Å². The quantitative estimate of drug-likeness (QED) is 0.644. The minimum absolute atomic E-state index is 0.793. The summed E-state index contributed by atoms with van der Waals surface area (Å²) in [5.41, 5.74) is 1.32. The number of ether oxygens (including phenoxy) is 1. The molecule has 2 nitrogen and oxygen atoms in total. The van der Waals surface area contributed by atoms with Crippen molar-refractivity contribution in [2.24, 2.45) is 0 Å². The zero-order valence-electron chi connectivity index (χ0n) is 8.42. The zero-order valence-corrected chi connectivity index (χ0v) is 10.6. The number of nitrogens with one attached hydrogen (secondary N) is 1. The van der Waals surface area contributed by atoms with Crippen molar-refractivity contribution in [3.05, 3.63) is 33.4 Å². The van der Waals surface area contributed by atoms with Gasteiger partial charge in [0.05, 0.1) is 6.61 Å². The van der Waals surface area contributed by atoms with Gasteiger partial charge in [-0.15, -0.1) is 0 Å². The fourth-order valence-corrected chi connectivity index (χ4v) is 1.48. The Kier molecular flexibility index (Phi) is 6.14. The Labute approximate surface area is 99.2 Å². The van der Waals surface area contributed by atoms with Gasteiger partial charge in [0, 0.05) is 23.3 Å². The van der Waals surface area contributed by atoms with Crippen molar-refractivity contribution < 1.29 is 4.74 Å². The average Bonchev–Trinajstić information content (AvgIpc) is 2.21. The fraction of sp³-hybridized carbons (Fsp3) is 0.455. The molecule has 0 aliphatic carbocycles. The van der Waals surface area contributed by atoms with Crippen LogP contribution in [0, 0.1) is 3.57 Å². The molecular formula is C11H16INO.